The maximum absolute atomic E-state index is 9.97. The standard InChI is InChI=1S/C17H21NO3.C4H4O4/c1-18-8-7-17-6-5-12(19)9-14(17)21-16-13(20-2)4-3-11(10-18)15(16)17;5-3(6)1-2-4(7)8/h3-6,12,14,19H,7-10H2,1-2H3;1-2H,(H,5,6)(H,7,8)/b;2-1-/t12-,14-,17-;/m0./s1. The number of nitrogens with zero attached hydrogens (tertiary/aromatic N) is 1. The number of carbonyl (C=O) groups is 2. The molecule has 0 unspecified atom stereocenters. The molecule has 2 aliphatic heterocycles. The van der Waals surface area contributed by atoms with Crippen molar-refractivity contribution in [3.05, 3.63) is 47.6 Å². The molecule has 0 amide bonds. The second-order valence-electron chi connectivity index (χ2n) is 7.44. The van der Waals surface area contributed by atoms with Crippen molar-refractivity contribution in [3.63, 3.8) is 0 Å². The van der Waals surface area contributed by atoms with Gasteiger partial charge in [0.15, 0.2) is 11.5 Å². The summed E-state index contributed by atoms with van der Waals surface area (Å²) < 4.78 is 11.8. The van der Waals surface area contributed by atoms with Crippen LogP contribution in [0, 0.1) is 0 Å². The second kappa shape index (κ2) is 8.26. The van der Waals surface area contributed by atoms with Gasteiger partial charge in [0.05, 0.1) is 18.6 Å². The largest absolute Gasteiger partial charge is 0.493 e. The first-order chi connectivity index (χ1) is 13.8. The van der Waals surface area contributed by atoms with Gasteiger partial charge in [-0.15, -0.1) is 0 Å². The lowest BCUT2D eigenvalue weighted by Gasteiger charge is -2.35. The van der Waals surface area contributed by atoms with E-state index in [1.807, 2.05) is 12.1 Å². The highest BCUT2D eigenvalue weighted by atomic mass is 16.5. The van der Waals surface area contributed by atoms with Crippen molar-refractivity contribution in [2.75, 3.05) is 20.7 Å². The van der Waals surface area contributed by atoms with Gasteiger partial charge in [-0.05, 0) is 31.6 Å². The number of carboxylic acids is 2. The molecule has 0 bridgehead atoms. The average Bonchev–Trinajstić information content (AvgIpc) is 2.92. The highest BCUT2D eigenvalue weighted by molar-refractivity contribution is 5.89. The zero-order valence-electron chi connectivity index (χ0n) is 16.4. The van der Waals surface area contributed by atoms with Crippen molar-refractivity contribution in [3.8, 4) is 11.5 Å². The van der Waals surface area contributed by atoms with Crippen LogP contribution in [0.1, 0.15) is 24.0 Å². The number of aliphatic carboxylic acids is 2. The summed E-state index contributed by atoms with van der Waals surface area (Å²) in [6.45, 7) is 1.96. The molecule has 0 fully saturated rings. The van der Waals surface area contributed by atoms with Crippen molar-refractivity contribution in [2.24, 2.45) is 0 Å². The molecule has 4 rings (SSSR count). The number of hydrogen-bond acceptors (Lipinski definition) is 6. The lowest BCUT2D eigenvalue weighted by Crippen LogP contribution is -2.42. The number of ether oxygens (including phenoxy) is 2. The van der Waals surface area contributed by atoms with Crippen molar-refractivity contribution in [2.45, 2.75) is 37.0 Å². The maximum Gasteiger partial charge on any atom is 0.328 e. The van der Waals surface area contributed by atoms with E-state index in [0.29, 0.717) is 18.6 Å². The Morgan fingerprint density at radius 1 is 1.28 bits per heavy atom. The van der Waals surface area contributed by atoms with Gasteiger partial charge in [0.1, 0.15) is 6.10 Å². The Morgan fingerprint density at radius 3 is 2.59 bits per heavy atom. The SMILES string of the molecule is COc1ccc2c3c1O[C@H]1C[C@@H](O)C=C[C@@]31CCN(C)C2.O=C(O)/C=C\C(=O)O. The molecule has 0 saturated carbocycles. The third-order valence-corrected chi connectivity index (χ3v) is 5.52. The molecule has 1 spiro atoms. The van der Waals surface area contributed by atoms with Crippen molar-refractivity contribution in [1.29, 1.82) is 0 Å². The smallest absolute Gasteiger partial charge is 0.328 e. The van der Waals surface area contributed by atoms with Crippen LogP contribution in [0.3, 0.4) is 0 Å². The van der Waals surface area contributed by atoms with Crippen molar-refractivity contribution < 1.29 is 34.4 Å². The molecule has 156 valence electrons. The highest BCUT2D eigenvalue weighted by Crippen LogP contribution is 2.55. The summed E-state index contributed by atoms with van der Waals surface area (Å²) in [6, 6.07) is 4.16. The summed E-state index contributed by atoms with van der Waals surface area (Å²) in [7, 11) is 3.84. The average molecular weight is 403 g/mol. The predicted molar refractivity (Wildman–Crippen MR) is 104 cm³/mol. The topological polar surface area (TPSA) is 117 Å². The van der Waals surface area contributed by atoms with E-state index in [2.05, 4.69) is 24.1 Å². The van der Waals surface area contributed by atoms with Gasteiger partial charge in [-0.3, -0.25) is 0 Å². The quantitative estimate of drug-likeness (QED) is 0.514. The Hall–Kier alpha value is -2.84. The van der Waals surface area contributed by atoms with E-state index >= 15 is 0 Å². The first-order valence-corrected chi connectivity index (χ1v) is 9.33. The van der Waals surface area contributed by atoms with Gasteiger partial charge in [0.2, 0.25) is 0 Å². The third-order valence-electron chi connectivity index (χ3n) is 5.52. The normalized spacial score (nSPS) is 27.1. The number of benzene rings is 1. The predicted octanol–water partition coefficient (Wildman–Crippen LogP) is 1.56. The van der Waals surface area contributed by atoms with Crippen LogP contribution in [-0.2, 0) is 21.5 Å². The lowest BCUT2D eigenvalue weighted by molar-refractivity contribution is -0.134. The molecule has 8 heteroatoms. The Kier molecular flexibility index (Phi) is 5.95. The van der Waals surface area contributed by atoms with Gasteiger partial charge < -0.3 is 29.7 Å². The number of hydrogen-bond donors (Lipinski definition) is 3. The van der Waals surface area contributed by atoms with Gasteiger partial charge in [-0.25, -0.2) is 9.59 Å². The second-order valence-corrected chi connectivity index (χ2v) is 7.44. The molecule has 3 N–H and O–H groups in total. The third kappa shape index (κ3) is 4.13. The minimum Gasteiger partial charge on any atom is -0.493 e. The maximum atomic E-state index is 9.97. The zero-order valence-corrected chi connectivity index (χ0v) is 16.4. The van der Waals surface area contributed by atoms with E-state index in [1.165, 1.54) is 11.1 Å². The molecular weight excluding hydrogens is 378 g/mol. The molecule has 3 aliphatic rings. The minimum absolute atomic E-state index is 0.00838. The van der Waals surface area contributed by atoms with Crippen LogP contribution in [0.25, 0.3) is 0 Å². The summed E-state index contributed by atoms with van der Waals surface area (Å²) in [5.74, 6) is -0.830. The summed E-state index contributed by atoms with van der Waals surface area (Å²) in [5, 5.41) is 25.6. The van der Waals surface area contributed by atoms with E-state index in [1.54, 1.807) is 7.11 Å². The molecule has 1 aromatic rings. The van der Waals surface area contributed by atoms with Crippen molar-refractivity contribution >= 4 is 11.9 Å². The van der Waals surface area contributed by atoms with E-state index in [4.69, 9.17) is 19.7 Å². The number of methoxy groups -OCH3 is 1. The molecule has 3 atom stereocenters. The van der Waals surface area contributed by atoms with E-state index in [9.17, 15) is 14.7 Å². The number of rotatable bonds is 3. The van der Waals surface area contributed by atoms with Gasteiger partial charge >= 0.3 is 11.9 Å². The fourth-order valence-corrected chi connectivity index (χ4v) is 4.22. The van der Waals surface area contributed by atoms with Crippen LogP contribution in [0.15, 0.2) is 36.4 Å². The molecule has 2 heterocycles. The van der Waals surface area contributed by atoms with Crippen LogP contribution in [0.5, 0.6) is 11.5 Å². The molecule has 0 saturated heterocycles. The number of carboxylic acid groups (broad SMARTS) is 2. The van der Waals surface area contributed by atoms with Gasteiger partial charge in [0, 0.05) is 30.7 Å². The molecular formula is C21H25NO7. The summed E-state index contributed by atoms with van der Waals surface area (Å²) >= 11 is 0. The van der Waals surface area contributed by atoms with Gasteiger partial charge in [-0.1, -0.05) is 18.2 Å². The minimum atomic E-state index is -1.26. The van der Waals surface area contributed by atoms with Crippen LogP contribution < -0.4 is 9.47 Å². The monoisotopic (exact) mass is 403 g/mol. The summed E-state index contributed by atoms with van der Waals surface area (Å²) in [4.78, 5) is 21.5. The van der Waals surface area contributed by atoms with Gasteiger partial charge in [-0.2, -0.15) is 0 Å². The van der Waals surface area contributed by atoms with Crippen LogP contribution in [-0.4, -0.2) is 65.1 Å². The Labute approximate surface area is 168 Å². The highest BCUT2D eigenvalue weighted by Gasteiger charge is 2.52. The van der Waals surface area contributed by atoms with Gasteiger partial charge in [0.25, 0.3) is 0 Å². The van der Waals surface area contributed by atoms with E-state index in [-0.39, 0.29) is 11.5 Å². The van der Waals surface area contributed by atoms with Crippen LogP contribution in [0.4, 0.5) is 0 Å². The summed E-state index contributed by atoms with van der Waals surface area (Å²) in [5.41, 5.74) is 2.48. The summed E-state index contributed by atoms with van der Waals surface area (Å²) in [6.07, 6.45) is 6.50. The Bertz CT molecular complexity index is 847. The Balaban J connectivity index is 0.000000258. The molecule has 1 aliphatic carbocycles. The van der Waals surface area contributed by atoms with E-state index in [0.717, 1.165) is 31.0 Å². The lowest BCUT2D eigenvalue weighted by atomic mass is 9.69. The molecule has 0 radical (unpaired) electrons. The van der Waals surface area contributed by atoms with Crippen LogP contribution >= 0.6 is 0 Å². The fourth-order valence-electron chi connectivity index (χ4n) is 4.22. The first kappa shape index (κ1) is 20.9. The Morgan fingerprint density at radius 2 is 1.97 bits per heavy atom. The van der Waals surface area contributed by atoms with Crippen LogP contribution in [0.2, 0.25) is 0 Å². The molecule has 29 heavy (non-hydrogen) atoms. The first-order valence-electron chi connectivity index (χ1n) is 9.33. The molecule has 1 aromatic carbocycles. The van der Waals surface area contributed by atoms with E-state index < -0.39 is 18.0 Å². The number of aliphatic hydroxyl groups excluding tert-OH is 1. The fraction of sp³-hybridized carbons (Fsp3) is 0.429. The zero-order chi connectivity index (χ0) is 21.2. The van der Waals surface area contributed by atoms with Crippen molar-refractivity contribution in [1.82, 2.24) is 4.90 Å². The number of aliphatic hydroxyl groups is 1. The molecule has 8 nitrogen and oxygen atoms in total. The molecule has 0 aromatic heterocycles.